The number of rotatable bonds is 6. The summed E-state index contributed by atoms with van der Waals surface area (Å²) >= 11 is 2.09. The summed E-state index contributed by atoms with van der Waals surface area (Å²) in [6.45, 7) is 2.91. The lowest BCUT2D eigenvalue weighted by Crippen LogP contribution is -2.30. The number of aromatic carboxylic acids is 1. The molecule has 8 heteroatoms. The van der Waals surface area contributed by atoms with Crippen molar-refractivity contribution in [3.63, 3.8) is 0 Å². The number of thioether (sulfide) groups is 1. The fraction of sp³-hybridized carbons (Fsp3) is 0.235. The Kier molecular flexibility index (Phi) is 5.97. The summed E-state index contributed by atoms with van der Waals surface area (Å²) < 4.78 is 13.8. The van der Waals surface area contributed by atoms with E-state index in [-0.39, 0.29) is 16.3 Å². The van der Waals surface area contributed by atoms with E-state index < -0.39 is 22.9 Å². The van der Waals surface area contributed by atoms with Crippen molar-refractivity contribution < 1.29 is 23.9 Å². The Morgan fingerprint density at radius 1 is 1.32 bits per heavy atom. The fourth-order valence-electron chi connectivity index (χ4n) is 2.27. The Bertz CT molecular complexity index is 847. The predicted octanol–water partition coefficient (Wildman–Crippen LogP) is 3.82. The number of nitrogens with one attached hydrogen (secondary N) is 1. The molecule has 1 atom stereocenters. The summed E-state index contributed by atoms with van der Waals surface area (Å²) in [7, 11) is 0. The van der Waals surface area contributed by atoms with Crippen LogP contribution in [0.4, 0.5) is 9.39 Å². The van der Waals surface area contributed by atoms with Crippen LogP contribution in [0.2, 0.25) is 0 Å². The fourth-order valence-corrected chi connectivity index (χ4v) is 3.84. The molecule has 0 bridgehead atoms. The molecule has 0 fully saturated rings. The third kappa shape index (κ3) is 4.08. The molecule has 0 aliphatic heterocycles. The number of Topliss-reactive ketones (excluding diaryl/α,β-unsaturated/α-hetero) is 1. The van der Waals surface area contributed by atoms with E-state index in [1.165, 1.54) is 13.0 Å². The largest absolute Gasteiger partial charge is 0.478 e. The second-order valence-electron chi connectivity index (χ2n) is 5.34. The highest BCUT2D eigenvalue weighted by Gasteiger charge is 2.26. The first kappa shape index (κ1) is 19.1. The minimum atomic E-state index is -1.24. The molecule has 1 amide bonds. The Morgan fingerprint density at radius 2 is 2.00 bits per heavy atom. The van der Waals surface area contributed by atoms with Gasteiger partial charge in [-0.05, 0) is 37.3 Å². The zero-order chi connectivity index (χ0) is 18.7. The van der Waals surface area contributed by atoms with Gasteiger partial charge in [-0.2, -0.15) is 0 Å². The van der Waals surface area contributed by atoms with Gasteiger partial charge in [0.1, 0.15) is 21.6 Å². The number of carboxylic acid groups (broad SMARTS) is 1. The highest BCUT2D eigenvalue weighted by atomic mass is 32.2. The number of halogens is 1. The van der Waals surface area contributed by atoms with Crippen LogP contribution in [0.15, 0.2) is 23.6 Å². The number of carboxylic acids is 1. The number of anilines is 1. The molecule has 1 unspecified atom stereocenters. The summed E-state index contributed by atoms with van der Waals surface area (Å²) in [5.74, 6) is -2.58. The molecule has 0 aliphatic carbocycles. The number of thiophene rings is 1. The minimum absolute atomic E-state index is 0.119. The summed E-state index contributed by atoms with van der Waals surface area (Å²) in [5.41, 5.74) is 1.05. The third-order valence-corrected chi connectivity index (χ3v) is 5.48. The third-order valence-electron chi connectivity index (χ3n) is 3.57. The SMILES string of the molecule is CSC(C(C)=O)C(=O)Nc1scc(-c2ccc(C)c(F)c2)c1C(=O)O. The normalized spacial score (nSPS) is 11.8. The van der Waals surface area contributed by atoms with E-state index >= 15 is 0 Å². The van der Waals surface area contributed by atoms with E-state index in [0.717, 1.165) is 23.1 Å². The van der Waals surface area contributed by atoms with Crippen molar-refractivity contribution in [2.75, 3.05) is 11.6 Å². The van der Waals surface area contributed by atoms with E-state index in [9.17, 15) is 23.9 Å². The maximum Gasteiger partial charge on any atom is 0.339 e. The summed E-state index contributed by atoms with van der Waals surface area (Å²) in [4.78, 5) is 35.4. The highest BCUT2D eigenvalue weighted by molar-refractivity contribution is 8.00. The van der Waals surface area contributed by atoms with Gasteiger partial charge in [0.15, 0.2) is 5.78 Å². The van der Waals surface area contributed by atoms with Crippen LogP contribution in [0.25, 0.3) is 11.1 Å². The van der Waals surface area contributed by atoms with Crippen molar-refractivity contribution in [2.24, 2.45) is 0 Å². The van der Waals surface area contributed by atoms with Crippen LogP contribution in [-0.4, -0.2) is 34.3 Å². The molecule has 2 rings (SSSR count). The lowest BCUT2D eigenvalue weighted by atomic mass is 10.0. The molecule has 132 valence electrons. The first-order chi connectivity index (χ1) is 11.8. The standard InChI is InChI=1S/C17H16FNO4S2/c1-8-4-5-10(6-12(8)18)11-7-25-16(13(11)17(22)23)19-15(21)14(24-3)9(2)20/h4-7,14H,1-3H3,(H,19,21)(H,22,23). The Hall–Kier alpha value is -2.19. The van der Waals surface area contributed by atoms with Gasteiger partial charge in [-0.1, -0.05) is 12.1 Å². The Balaban J connectivity index is 2.43. The average molecular weight is 381 g/mol. The lowest BCUT2D eigenvalue weighted by Gasteiger charge is -2.11. The summed E-state index contributed by atoms with van der Waals surface area (Å²) in [6, 6.07) is 4.44. The molecule has 0 saturated carbocycles. The second-order valence-corrected chi connectivity index (χ2v) is 7.16. The van der Waals surface area contributed by atoms with E-state index in [1.807, 2.05) is 0 Å². The molecule has 5 nitrogen and oxygen atoms in total. The number of ketones is 1. The molecule has 0 aliphatic rings. The van der Waals surface area contributed by atoms with Crippen molar-refractivity contribution >= 4 is 45.8 Å². The quantitative estimate of drug-likeness (QED) is 0.743. The van der Waals surface area contributed by atoms with E-state index in [0.29, 0.717) is 16.7 Å². The highest BCUT2D eigenvalue weighted by Crippen LogP contribution is 2.36. The smallest absolute Gasteiger partial charge is 0.339 e. The van der Waals surface area contributed by atoms with E-state index in [1.54, 1.807) is 30.7 Å². The van der Waals surface area contributed by atoms with Crippen LogP contribution in [0.3, 0.4) is 0 Å². The van der Waals surface area contributed by atoms with Gasteiger partial charge in [-0.25, -0.2) is 9.18 Å². The predicted molar refractivity (Wildman–Crippen MR) is 98.0 cm³/mol. The van der Waals surface area contributed by atoms with Crippen molar-refractivity contribution in [1.82, 2.24) is 0 Å². The zero-order valence-corrected chi connectivity index (χ0v) is 15.4. The Labute approximate surface area is 152 Å². The van der Waals surface area contributed by atoms with Crippen LogP contribution in [0, 0.1) is 12.7 Å². The maximum atomic E-state index is 13.8. The van der Waals surface area contributed by atoms with E-state index in [2.05, 4.69) is 5.32 Å². The Morgan fingerprint density at radius 3 is 2.52 bits per heavy atom. The molecule has 2 N–H and O–H groups in total. The van der Waals surface area contributed by atoms with Crippen molar-refractivity contribution in [3.05, 3.63) is 40.5 Å². The van der Waals surface area contributed by atoms with Gasteiger partial charge < -0.3 is 10.4 Å². The van der Waals surface area contributed by atoms with Gasteiger partial charge in [-0.15, -0.1) is 23.1 Å². The van der Waals surface area contributed by atoms with Crippen molar-refractivity contribution in [2.45, 2.75) is 19.1 Å². The van der Waals surface area contributed by atoms with Crippen molar-refractivity contribution in [1.29, 1.82) is 0 Å². The van der Waals surface area contributed by atoms with Crippen molar-refractivity contribution in [3.8, 4) is 11.1 Å². The first-order valence-corrected chi connectivity index (χ1v) is 9.38. The second kappa shape index (κ2) is 7.79. The topological polar surface area (TPSA) is 83.5 Å². The molecule has 0 radical (unpaired) electrons. The van der Waals surface area contributed by atoms with Crippen LogP contribution in [0.5, 0.6) is 0 Å². The van der Waals surface area contributed by atoms with Gasteiger partial charge in [0.2, 0.25) is 5.91 Å². The maximum absolute atomic E-state index is 13.8. The van der Waals surface area contributed by atoms with Crippen LogP contribution in [0.1, 0.15) is 22.8 Å². The van der Waals surface area contributed by atoms with Gasteiger partial charge in [0, 0.05) is 10.9 Å². The van der Waals surface area contributed by atoms with Gasteiger partial charge in [-0.3, -0.25) is 9.59 Å². The lowest BCUT2D eigenvalue weighted by molar-refractivity contribution is -0.123. The van der Waals surface area contributed by atoms with Crippen LogP contribution >= 0.6 is 23.1 Å². The molecule has 0 saturated heterocycles. The molecule has 2 aromatic rings. The molecular formula is C17H16FNO4S2. The number of carbonyl (C=O) groups is 3. The zero-order valence-electron chi connectivity index (χ0n) is 13.8. The molecule has 0 spiro atoms. The number of carbonyl (C=O) groups excluding carboxylic acids is 2. The summed E-state index contributed by atoms with van der Waals surface area (Å²) in [6.07, 6.45) is 1.62. The van der Waals surface area contributed by atoms with Crippen LogP contribution < -0.4 is 5.32 Å². The minimum Gasteiger partial charge on any atom is -0.478 e. The number of amides is 1. The van der Waals surface area contributed by atoms with Crippen LogP contribution in [-0.2, 0) is 9.59 Å². The molecule has 1 aromatic heterocycles. The monoisotopic (exact) mass is 381 g/mol. The number of hydrogen-bond donors (Lipinski definition) is 2. The summed E-state index contributed by atoms with van der Waals surface area (Å²) in [5, 5.41) is 12.8. The molecule has 1 heterocycles. The molecule has 25 heavy (non-hydrogen) atoms. The number of benzene rings is 1. The molecule has 1 aromatic carbocycles. The molecular weight excluding hydrogens is 365 g/mol. The first-order valence-electron chi connectivity index (χ1n) is 7.21. The van der Waals surface area contributed by atoms with Gasteiger partial charge >= 0.3 is 5.97 Å². The average Bonchev–Trinajstić information content (AvgIpc) is 2.94. The van der Waals surface area contributed by atoms with Gasteiger partial charge in [0.05, 0.1) is 0 Å². The number of hydrogen-bond acceptors (Lipinski definition) is 5. The van der Waals surface area contributed by atoms with Gasteiger partial charge in [0.25, 0.3) is 0 Å². The van der Waals surface area contributed by atoms with E-state index in [4.69, 9.17) is 0 Å². The number of aryl methyl sites for hydroxylation is 1.